The molecule has 0 fully saturated rings. The van der Waals surface area contributed by atoms with Crippen molar-refractivity contribution in [1.82, 2.24) is 10.2 Å². The topological polar surface area (TPSA) is 67.6 Å². The van der Waals surface area contributed by atoms with E-state index < -0.39 is 5.91 Å². The molecule has 0 aliphatic carbocycles. The third kappa shape index (κ3) is 6.56. The summed E-state index contributed by atoms with van der Waals surface area (Å²) in [6, 6.07) is 5.68. The molecule has 0 radical (unpaired) electrons. The van der Waals surface area contributed by atoms with Crippen LogP contribution in [-0.2, 0) is 11.3 Å². The van der Waals surface area contributed by atoms with Crippen molar-refractivity contribution < 1.29 is 9.53 Å². The van der Waals surface area contributed by atoms with E-state index in [0.29, 0.717) is 12.3 Å². The number of hydrogen-bond acceptors (Lipinski definition) is 4. The van der Waals surface area contributed by atoms with Crippen molar-refractivity contribution in [2.24, 2.45) is 5.73 Å². The minimum Gasteiger partial charge on any atom is -0.483 e. The molecule has 6 heteroatoms. The normalized spacial score (nSPS) is 10.7. The van der Waals surface area contributed by atoms with E-state index in [9.17, 15) is 4.79 Å². The Labute approximate surface area is 122 Å². The molecule has 1 aromatic rings. The maximum atomic E-state index is 10.8. The minimum atomic E-state index is -0.477. The van der Waals surface area contributed by atoms with Crippen LogP contribution in [-0.4, -0.2) is 44.6 Å². The molecule has 106 valence electrons. The Kier molecular flexibility index (Phi) is 6.83. The number of ether oxygens (including phenoxy) is 1. The van der Waals surface area contributed by atoms with Gasteiger partial charge in [0.25, 0.3) is 5.91 Å². The summed E-state index contributed by atoms with van der Waals surface area (Å²) in [4.78, 5) is 12.9. The summed E-state index contributed by atoms with van der Waals surface area (Å²) in [5.74, 6) is 0.203. The number of likely N-dealkylation sites (N-methyl/N-ethyl adjacent to an activating group) is 1. The fourth-order valence-corrected chi connectivity index (χ4v) is 1.91. The SMILES string of the molecule is CN(C)CCNCc1cc(Br)ccc1OCC(N)=O. The fourth-order valence-electron chi connectivity index (χ4n) is 1.50. The number of rotatable bonds is 8. The van der Waals surface area contributed by atoms with Crippen LogP contribution in [0.5, 0.6) is 5.75 Å². The Bertz CT molecular complexity index is 424. The van der Waals surface area contributed by atoms with Gasteiger partial charge in [0.05, 0.1) is 0 Å². The summed E-state index contributed by atoms with van der Waals surface area (Å²) in [6.45, 7) is 2.42. The van der Waals surface area contributed by atoms with Crippen LogP contribution >= 0.6 is 15.9 Å². The van der Waals surface area contributed by atoms with Crippen LogP contribution in [0.3, 0.4) is 0 Å². The number of amides is 1. The Morgan fingerprint density at radius 2 is 2.21 bits per heavy atom. The molecule has 0 aliphatic heterocycles. The molecule has 19 heavy (non-hydrogen) atoms. The van der Waals surface area contributed by atoms with E-state index in [0.717, 1.165) is 23.1 Å². The first-order valence-electron chi connectivity index (χ1n) is 6.04. The molecule has 3 N–H and O–H groups in total. The second-order valence-corrected chi connectivity index (χ2v) is 5.40. The highest BCUT2D eigenvalue weighted by Crippen LogP contribution is 2.23. The van der Waals surface area contributed by atoms with Crippen LogP contribution < -0.4 is 15.8 Å². The number of nitrogens with two attached hydrogens (primary N) is 1. The van der Waals surface area contributed by atoms with Crippen molar-refractivity contribution in [3.63, 3.8) is 0 Å². The van der Waals surface area contributed by atoms with Gasteiger partial charge in [0, 0.05) is 29.7 Å². The first-order chi connectivity index (χ1) is 8.99. The molecule has 0 atom stereocenters. The molecule has 1 rings (SSSR count). The largest absolute Gasteiger partial charge is 0.483 e. The van der Waals surface area contributed by atoms with Crippen molar-refractivity contribution in [2.45, 2.75) is 6.54 Å². The zero-order chi connectivity index (χ0) is 14.3. The van der Waals surface area contributed by atoms with Gasteiger partial charge in [-0.25, -0.2) is 0 Å². The van der Waals surface area contributed by atoms with Crippen LogP contribution in [0, 0.1) is 0 Å². The lowest BCUT2D eigenvalue weighted by Gasteiger charge is -2.13. The predicted octanol–water partition coefficient (Wildman–Crippen LogP) is 0.964. The van der Waals surface area contributed by atoms with Gasteiger partial charge in [-0.1, -0.05) is 15.9 Å². The van der Waals surface area contributed by atoms with Gasteiger partial charge in [-0.2, -0.15) is 0 Å². The highest BCUT2D eigenvalue weighted by Gasteiger charge is 2.06. The first kappa shape index (κ1) is 15.9. The van der Waals surface area contributed by atoms with Crippen molar-refractivity contribution in [3.8, 4) is 5.75 Å². The average Bonchev–Trinajstić information content (AvgIpc) is 2.33. The second kappa shape index (κ2) is 8.14. The quantitative estimate of drug-likeness (QED) is 0.697. The van der Waals surface area contributed by atoms with E-state index >= 15 is 0 Å². The Morgan fingerprint density at radius 1 is 1.47 bits per heavy atom. The van der Waals surface area contributed by atoms with E-state index in [2.05, 4.69) is 26.1 Å². The van der Waals surface area contributed by atoms with Gasteiger partial charge in [-0.05, 0) is 32.3 Å². The predicted molar refractivity (Wildman–Crippen MR) is 79.1 cm³/mol. The number of benzene rings is 1. The Balaban J connectivity index is 2.58. The zero-order valence-electron chi connectivity index (χ0n) is 11.3. The van der Waals surface area contributed by atoms with Gasteiger partial charge in [0.15, 0.2) is 6.61 Å². The Hall–Kier alpha value is -1.11. The molecule has 0 saturated carbocycles. The van der Waals surface area contributed by atoms with E-state index in [1.165, 1.54) is 0 Å². The molecule has 5 nitrogen and oxygen atoms in total. The monoisotopic (exact) mass is 329 g/mol. The van der Waals surface area contributed by atoms with E-state index in [-0.39, 0.29) is 6.61 Å². The number of primary amides is 1. The number of nitrogens with one attached hydrogen (secondary N) is 1. The fraction of sp³-hybridized carbons (Fsp3) is 0.462. The van der Waals surface area contributed by atoms with Crippen molar-refractivity contribution in [3.05, 3.63) is 28.2 Å². The summed E-state index contributed by atoms with van der Waals surface area (Å²) in [5.41, 5.74) is 6.08. The van der Waals surface area contributed by atoms with E-state index in [4.69, 9.17) is 10.5 Å². The average molecular weight is 330 g/mol. The molecular weight excluding hydrogens is 310 g/mol. The lowest BCUT2D eigenvalue weighted by atomic mass is 10.2. The van der Waals surface area contributed by atoms with Crippen LogP contribution in [0.1, 0.15) is 5.56 Å². The highest BCUT2D eigenvalue weighted by atomic mass is 79.9. The van der Waals surface area contributed by atoms with Crippen molar-refractivity contribution in [1.29, 1.82) is 0 Å². The number of hydrogen-bond donors (Lipinski definition) is 2. The number of halogens is 1. The summed E-state index contributed by atoms with van der Waals surface area (Å²) in [6.07, 6.45) is 0. The van der Waals surface area contributed by atoms with E-state index in [1.807, 2.05) is 32.3 Å². The highest BCUT2D eigenvalue weighted by molar-refractivity contribution is 9.10. The molecule has 0 bridgehead atoms. The molecule has 0 saturated heterocycles. The minimum absolute atomic E-state index is 0.105. The van der Waals surface area contributed by atoms with Crippen LogP contribution in [0.25, 0.3) is 0 Å². The molecular formula is C13H20BrN3O2. The third-order valence-electron chi connectivity index (χ3n) is 2.44. The van der Waals surface area contributed by atoms with Gasteiger partial charge in [0.1, 0.15) is 5.75 Å². The van der Waals surface area contributed by atoms with Gasteiger partial charge in [-0.15, -0.1) is 0 Å². The van der Waals surface area contributed by atoms with Gasteiger partial charge in [-0.3, -0.25) is 4.79 Å². The molecule has 0 unspecified atom stereocenters. The second-order valence-electron chi connectivity index (χ2n) is 4.49. The molecule has 0 spiro atoms. The summed E-state index contributed by atoms with van der Waals surface area (Å²) in [5, 5.41) is 3.33. The van der Waals surface area contributed by atoms with Crippen molar-refractivity contribution >= 4 is 21.8 Å². The number of carbonyl (C=O) groups is 1. The summed E-state index contributed by atoms with van der Waals surface area (Å²) < 4.78 is 6.36. The van der Waals surface area contributed by atoms with Gasteiger partial charge in [0.2, 0.25) is 0 Å². The maximum Gasteiger partial charge on any atom is 0.255 e. The van der Waals surface area contributed by atoms with Gasteiger partial charge >= 0.3 is 0 Å². The molecule has 0 aromatic heterocycles. The maximum absolute atomic E-state index is 10.8. The number of nitrogens with zero attached hydrogens (tertiary/aromatic N) is 1. The first-order valence-corrected chi connectivity index (χ1v) is 6.83. The Morgan fingerprint density at radius 3 is 2.84 bits per heavy atom. The molecule has 1 amide bonds. The summed E-state index contributed by atoms with van der Waals surface area (Å²) in [7, 11) is 4.06. The zero-order valence-corrected chi connectivity index (χ0v) is 12.9. The molecule has 0 heterocycles. The molecule has 0 aliphatic rings. The van der Waals surface area contributed by atoms with Crippen LogP contribution in [0.15, 0.2) is 22.7 Å². The lowest BCUT2D eigenvalue weighted by molar-refractivity contribution is -0.119. The van der Waals surface area contributed by atoms with Crippen molar-refractivity contribution in [2.75, 3.05) is 33.8 Å². The van der Waals surface area contributed by atoms with Crippen LogP contribution in [0.2, 0.25) is 0 Å². The number of carbonyl (C=O) groups excluding carboxylic acids is 1. The standard InChI is InChI=1S/C13H20BrN3O2/c1-17(2)6-5-16-8-10-7-11(14)3-4-12(10)19-9-13(15)18/h3-4,7,16H,5-6,8-9H2,1-2H3,(H2,15,18). The van der Waals surface area contributed by atoms with Crippen LogP contribution in [0.4, 0.5) is 0 Å². The third-order valence-corrected chi connectivity index (χ3v) is 2.94. The molecule has 1 aromatic carbocycles. The lowest BCUT2D eigenvalue weighted by Crippen LogP contribution is -2.26. The smallest absolute Gasteiger partial charge is 0.255 e. The van der Waals surface area contributed by atoms with E-state index in [1.54, 1.807) is 0 Å². The van der Waals surface area contributed by atoms with Gasteiger partial charge < -0.3 is 20.7 Å². The summed E-state index contributed by atoms with van der Waals surface area (Å²) >= 11 is 3.43.